The minimum absolute atomic E-state index is 0.0240. The van der Waals surface area contributed by atoms with Gasteiger partial charge in [0, 0.05) is 19.3 Å². The number of hydrogen-bond acceptors (Lipinski definition) is 15. The van der Waals surface area contributed by atoms with E-state index in [1.165, 1.54) is 0 Å². The molecule has 0 aliphatic rings. The number of aliphatic hydroxyl groups is 1. The quantitative estimate of drug-likeness (QED) is 0.0169. The van der Waals surface area contributed by atoms with Gasteiger partial charge < -0.3 is 33.8 Å². The van der Waals surface area contributed by atoms with Gasteiger partial charge in [-0.3, -0.25) is 37.3 Å². The summed E-state index contributed by atoms with van der Waals surface area (Å²) < 4.78 is 68.3. The fourth-order valence-corrected chi connectivity index (χ4v) is 10.8. The number of esters is 4. The fourth-order valence-electron chi connectivity index (χ4n) is 9.18. The molecule has 0 aromatic rings. The predicted octanol–water partition coefficient (Wildman–Crippen LogP) is 22.9. The lowest BCUT2D eigenvalue weighted by atomic mass is 10.1. The van der Waals surface area contributed by atoms with E-state index in [0.717, 1.165) is 161 Å². The molecule has 0 aromatic heterocycles. The number of phosphoric acid groups is 2. The second-order valence-corrected chi connectivity index (χ2v) is 27.7. The molecule has 0 saturated heterocycles. The minimum atomic E-state index is -5.03. The van der Waals surface area contributed by atoms with Crippen LogP contribution in [0.25, 0.3) is 0 Å². The average molecular weight is 1510 g/mol. The Morgan fingerprint density at radius 1 is 0.274 bits per heavy atom. The monoisotopic (exact) mass is 1510 g/mol. The molecule has 0 fully saturated rings. The van der Waals surface area contributed by atoms with Gasteiger partial charge in [0.05, 0.1) is 32.8 Å². The molecule has 0 rings (SSSR count). The Morgan fingerprint density at radius 3 is 0.811 bits per heavy atom. The van der Waals surface area contributed by atoms with E-state index in [-0.39, 0.29) is 25.7 Å². The number of phosphoric ester groups is 2. The lowest BCUT2D eigenvalue weighted by Gasteiger charge is -2.21. The maximum Gasteiger partial charge on any atom is 0.472 e. The van der Waals surface area contributed by atoms with E-state index < -0.39 is 97.5 Å². The molecule has 0 heterocycles. The number of hydrogen-bond donors (Lipinski definition) is 3. The highest BCUT2D eigenvalue weighted by molar-refractivity contribution is 7.47. The second kappa shape index (κ2) is 76.6. The summed E-state index contributed by atoms with van der Waals surface area (Å²) in [6.45, 7) is 4.13. The Balaban J connectivity index is 5.55. The van der Waals surface area contributed by atoms with Crippen LogP contribution in [0.15, 0.2) is 219 Å². The smallest absolute Gasteiger partial charge is 0.462 e. The van der Waals surface area contributed by atoms with Crippen LogP contribution in [0.2, 0.25) is 0 Å². The molecule has 0 bridgehead atoms. The van der Waals surface area contributed by atoms with E-state index in [0.29, 0.717) is 32.1 Å². The molecule has 19 heteroatoms. The van der Waals surface area contributed by atoms with Crippen LogP contribution in [-0.4, -0.2) is 96.7 Å². The van der Waals surface area contributed by atoms with Crippen LogP contribution < -0.4 is 0 Å². The standard InChI is InChI=1S/C87H134O17P2/c1-5-9-13-17-21-25-29-33-37-39-40-42-46-48-52-56-60-64-68-72-85(90)98-78-83(104-87(92)74-70-66-62-58-54-50-44-36-32-28-24-20-16-12-8-4)80-102-106(95,96)100-76-81(88)75-99-105(93,94)101-79-82(103-86(91)73-69-65-61-57-53-49-43-35-31-27-23-19-15-11-7-3)77-97-84(89)71-67-63-59-55-51-47-45-41-38-34-30-26-22-18-14-10-6-2/h9-16,21-28,33-38,40,42-45,47-48,52-54,57-58,66,70,81-83,88H,5-8,17-20,29-32,39,41,46,49-51,55-56,59-65,67-69,71-80H2,1-4H3,(H,93,94)(H,95,96)/b13-9-,14-10-,15-11-,16-12-,25-21-,26-22-,27-23-,28-24-,37-33-,38-34-,42-40-,43-35-,44-36-,47-45-,52-48-,57-53-,58-54-,70-66-. The number of carbonyl (C=O) groups excluding carboxylic acids is 4. The summed E-state index contributed by atoms with van der Waals surface area (Å²) in [5.74, 6) is -2.47. The first-order chi connectivity index (χ1) is 51.7. The predicted molar refractivity (Wildman–Crippen MR) is 435 cm³/mol. The molecular formula is C87H134O17P2. The molecule has 5 unspecified atom stereocenters. The second-order valence-electron chi connectivity index (χ2n) is 24.8. The van der Waals surface area contributed by atoms with E-state index >= 15 is 0 Å². The van der Waals surface area contributed by atoms with Crippen molar-refractivity contribution in [2.75, 3.05) is 39.6 Å². The van der Waals surface area contributed by atoms with Gasteiger partial charge in [0.15, 0.2) is 12.2 Å². The van der Waals surface area contributed by atoms with Crippen molar-refractivity contribution in [2.45, 2.75) is 264 Å². The lowest BCUT2D eigenvalue weighted by Crippen LogP contribution is -2.30. The molecule has 594 valence electrons. The number of aliphatic hydroxyl groups excluding tert-OH is 1. The van der Waals surface area contributed by atoms with Crippen molar-refractivity contribution in [3.8, 4) is 0 Å². The van der Waals surface area contributed by atoms with Crippen molar-refractivity contribution in [2.24, 2.45) is 0 Å². The van der Waals surface area contributed by atoms with E-state index in [2.05, 4.69) is 222 Å². The van der Waals surface area contributed by atoms with Gasteiger partial charge >= 0.3 is 39.5 Å². The van der Waals surface area contributed by atoms with Gasteiger partial charge in [-0.25, -0.2) is 9.13 Å². The Bertz CT molecular complexity index is 2880. The van der Waals surface area contributed by atoms with Gasteiger partial charge in [0.1, 0.15) is 19.3 Å². The van der Waals surface area contributed by atoms with Crippen molar-refractivity contribution in [1.82, 2.24) is 0 Å². The molecule has 17 nitrogen and oxygen atoms in total. The fraction of sp³-hybridized carbons (Fsp3) is 0.540. The summed E-state index contributed by atoms with van der Waals surface area (Å²) in [5.41, 5.74) is 0. The highest BCUT2D eigenvalue weighted by atomic mass is 31.2. The lowest BCUT2D eigenvalue weighted by molar-refractivity contribution is -0.161. The summed E-state index contributed by atoms with van der Waals surface area (Å²) in [4.78, 5) is 72.9. The normalized spacial score (nSPS) is 15.0. The van der Waals surface area contributed by atoms with Gasteiger partial charge in [0.25, 0.3) is 0 Å². The van der Waals surface area contributed by atoms with Crippen LogP contribution in [0.4, 0.5) is 0 Å². The molecule has 0 aliphatic heterocycles. The molecule has 0 spiro atoms. The summed E-state index contributed by atoms with van der Waals surface area (Å²) >= 11 is 0. The van der Waals surface area contributed by atoms with Crippen LogP contribution in [-0.2, 0) is 65.4 Å². The largest absolute Gasteiger partial charge is 0.472 e. The van der Waals surface area contributed by atoms with Gasteiger partial charge in [-0.1, -0.05) is 266 Å². The first-order valence-corrected chi connectivity index (χ1v) is 42.0. The van der Waals surface area contributed by atoms with E-state index in [4.69, 9.17) is 37.0 Å². The van der Waals surface area contributed by atoms with Crippen molar-refractivity contribution >= 4 is 39.5 Å². The molecule has 3 N–H and O–H groups in total. The molecule has 106 heavy (non-hydrogen) atoms. The van der Waals surface area contributed by atoms with Gasteiger partial charge in [-0.15, -0.1) is 0 Å². The number of ether oxygens (including phenoxy) is 4. The zero-order chi connectivity index (χ0) is 77.4. The molecule has 0 aromatic carbocycles. The number of rotatable bonds is 70. The highest BCUT2D eigenvalue weighted by Crippen LogP contribution is 2.45. The number of unbranched alkanes of at least 4 members (excludes halogenated alkanes) is 9. The first kappa shape index (κ1) is 99.4. The Labute approximate surface area is 639 Å². The highest BCUT2D eigenvalue weighted by Gasteiger charge is 2.30. The number of allylic oxidation sites excluding steroid dienone is 35. The van der Waals surface area contributed by atoms with Crippen molar-refractivity contribution in [1.29, 1.82) is 0 Å². The summed E-state index contributed by atoms with van der Waals surface area (Å²) in [5, 5.41) is 10.6. The topological polar surface area (TPSA) is 237 Å². The minimum Gasteiger partial charge on any atom is -0.462 e. The summed E-state index contributed by atoms with van der Waals surface area (Å²) in [7, 11) is -10.0. The van der Waals surface area contributed by atoms with Gasteiger partial charge in [-0.05, 0) is 173 Å². The summed E-state index contributed by atoms with van der Waals surface area (Å²) in [6, 6.07) is 0. The zero-order valence-electron chi connectivity index (χ0n) is 64.8. The maximum atomic E-state index is 13.1. The molecule has 0 radical (unpaired) electrons. The average Bonchev–Trinajstić information content (AvgIpc) is 0.909. The maximum absolute atomic E-state index is 13.1. The third kappa shape index (κ3) is 75.6. The van der Waals surface area contributed by atoms with Crippen LogP contribution >= 0.6 is 15.6 Å². The first-order valence-electron chi connectivity index (χ1n) is 39.0. The van der Waals surface area contributed by atoms with E-state index in [9.17, 15) is 43.2 Å². The van der Waals surface area contributed by atoms with Crippen molar-refractivity contribution in [3.63, 3.8) is 0 Å². The van der Waals surface area contributed by atoms with Crippen LogP contribution in [0.5, 0.6) is 0 Å². The van der Waals surface area contributed by atoms with E-state index in [1.807, 2.05) is 12.2 Å². The third-order valence-corrected chi connectivity index (χ3v) is 16.9. The molecule has 0 saturated carbocycles. The van der Waals surface area contributed by atoms with Gasteiger partial charge in [-0.2, -0.15) is 0 Å². The van der Waals surface area contributed by atoms with Crippen molar-refractivity contribution in [3.05, 3.63) is 219 Å². The summed E-state index contributed by atoms with van der Waals surface area (Å²) in [6.07, 6.45) is 96.8. The SMILES string of the molecule is CC/C=C\C/C=C\C/C=C\C/C=C\C/C=C\CCCCCC(=O)OCC(COP(=O)(O)OCC(O)COP(=O)(O)OCC(COC(=O)CCCCCC/C=C\C/C=C\C/C=C\C/C=C\CC)OC(=O)CCCC/C=C\C/C=C\C/C=C\C/C=C\CC)OC(=O)C/C=C\C/C=C\C/C=C\C/C=C\C/C=C\CC. The zero-order valence-corrected chi connectivity index (χ0v) is 66.5. The van der Waals surface area contributed by atoms with Gasteiger partial charge in [0.2, 0.25) is 0 Å². The Hall–Kier alpha value is -6.62. The molecular weight excluding hydrogens is 1380 g/mol. The van der Waals surface area contributed by atoms with Crippen LogP contribution in [0, 0.1) is 0 Å². The van der Waals surface area contributed by atoms with Crippen LogP contribution in [0.3, 0.4) is 0 Å². The Morgan fingerprint density at radius 2 is 0.500 bits per heavy atom. The molecule has 5 atom stereocenters. The van der Waals surface area contributed by atoms with E-state index in [1.54, 1.807) is 12.2 Å². The molecule has 0 aliphatic carbocycles. The third-order valence-electron chi connectivity index (χ3n) is 15.0. The molecule has 0 amide bonds. The van der Waals surface area contributed by atoms with Crippen molar-refractivity contribution < 1.29 is 80.2 Å². The number of carbonyl (C=O) groups is 4. The van der Waals surface area contributed by atoms with Crippen LogP contribution in [0.1, 0.15) is 246 Å². The Kier molecular flexibility index (Phi) is 71.8.